The van der Waals surface area contributed by atoms with Crippen molar-refractivity contribution in [3.05, 3.63) is 35.4 Å². The zero-order chi connectivity index (χ0) is 11.0. The van der Waals surface area contributed by atoms with Gasteiger partial charge >= 0.3 is 5.97 Å². The molecule has 0 heterocycles. The molecule has 0 amide bonds. The van der Waals surface area contributed by atoms with Crippen LogP contribution in [0.2, 0.25) is 0 Å². The second-order valence-electron chi connectivity index (χ2n) is 3.32. The van der Waals surface area contributed by atoms with Gasteiger partial charge in [-0.3, -0.25) is 9.59 Å². The summed E-state index contributed by atoms with van der Waals surface area (Å²) >= 11 is 0. The third-order valence-corrected chi connectivity index (χ3v) is 2.34. The highest BCUT2D eigenvalue weighted by Gasteiger charge is 2.30. The molecule has 4 heteroatoms. The van der Waals surface area contributed by atoms with Crippen LogP contribution < -0.4 is 0 Å². The molecule has 0 radical (unpaired) electrons. The van der Waals surface area contributed by atoms with Gasteiger partial charge in [0.15, 0.2) is 5.78 Å². The number of phenolic OH excluding ortho intramolecular Hbond substituents is 1. The lowest BCUT2D eigenvalue weighted by atomic mass is 9.86. The number of ketones is 1. The second kappa shape index (κ2) is 3.24. The number of carboxylic acid groups (broad SMARTS) is 1. The molecular weight excluding hydrogens is 196 g/mol. The first kappa shape index (κ1) is 9.45. The Bertz CT molecular complexity index is 473. The average molecular weight is 204 g/mol. The molecule has 1 aromatic rings. The predicted octanol–water partition coefficient (Wildman–Crippen LogP) is 1.16. The number of benzene rings is 1. The summed E-state index contributed by atoms with van der Waals surface area (Å²) in [7, 11) is 0. The van der Waals surface area contributed by atoms with Gasteiger partial charge in [0.25, 0.3) is 0 Å². The summed E-state index contributed by atoms with van der Waals surface area (Å²) in [5.74, 6) is -2.71. The maximum atomic E-state index is 11.4. The van der Waals surface area contributed by atoms with Crippen LogP contribution in [0.25, 0.3) is 6.08 Å². The van der Waals surface area contributed by atoms with Crippen molar-refractivity contribution in [2.24, 2.45) is 0 Å². The number of aliphatic carboxylic acids is 1. The minimum atomic E-state index is -1.17. The molecule has 2 rings (SSSR count). The molecule has 1 aromatic carbocycles. The number of carbonyl (C=O) groups is 2. The number of carbonyl (C=O) groups excluding carboxylic acids is 1. The van der Waals surface area contributed by atoms with Gasteiger partial charge in [0, 0.05) is 0 Å². The van der Waals surface area contributed by atoms with Gasteiger partial charge in [-0.2, -0.15) is 0 Å². The summed E-state index contributed by atoms with van der Waals surface area (Å²) in [6, 6.07) is 4.28. The zero-order valence-corrected chi connectivity index (χ0v) is 7.68. The van der Waals surface area contributed by atoms with E-state index in [9.17, 15) is 14.7 Å². The molecule has 0 spiro atoms. The van der Waals surface area contributed by atoms with Crippen molar-refractivity contribution in [1.82, 2.24) is 0 Å². The third kappa shape index (κ3) is 1.50. The van der Waals surface area contributed by atoms with E-state index in [1.165, 1.54) is 30.4 Å². The number of phenols is 1. The molecule has 0 saturated carbocycles. The largest absolute Gasteiger partial charge is 0.508 e. The Hall–Kier alpha value is -2.10. The fourth-order valence-corrected chi connectivity index (χ4v) is 1.65. The fraction of sp³-hybridized carbons (Fsp3) is 0.0909. The maximum Gasteiger partial charge on any atom is 0.318 e. The summed E-state index contributed by atoms with van der Waals surface area (Å²) in [6.45, 7) is 0. The topological polar surface area (TPSA) is 74.6 Å². The van der Waals surface area contributed by atoms with Crippen LogP contribution in [0.1, 0.15) is 17.0 Å². The van der Waals surface area contributed by atoms with Gasteiger partial charge in [0.2, 0.25) is 0 Å². The van der Waals surface area contributed by atoms with Crippen molar-refractivity contribution in [2.45, 2.75) is 5.92 Å². The third-order valence-electron chi connectivity index (χ3n) is 2.34. The Morgan fingerprint density at radius 3 is 2.67 bits per heavy atom. The van der Waals surface area contributed by atoms with Crippen molar-refractivity contribution >= 4 is 17.8 Å². The molecule has 0 aliphatic heterocycles. The zero-order valence-electron chi connectivity index (χ0n) is 7.68. The summed E-state index contributed by atoms with van der Waals surface area (Å²) in [5.41, 5.74) is 0.995. The van der Waals surface area contributed by atoms with E-state index in [2.05, 4.69) is 0 Å². The molecule has 1 atom stereocenters. The summed E-state index contributed by atoms with van der Waals surface area (Å²) in [6.07, 6.45) is 2.73. The molecule has 0 bridgehead atoms. The maximum absolute atomic E-state index is 11.4. The lowest BCUT2D eigenvalue weighted by Crippen LogP contribution is -2.22. The highest BCUT2D eigenvalue weighted by atomic mass is 16.4. The summed E-state index contributed by atoms with van der Waals surface area (Å²) < 4.78 is 0. The van der Waals surface area contributed by atoms with Crippen molar-refractivity contribution in [3.63, 3.8) is 0 Å². The van der Waals surface area contributed by atoms with Crippen LogP contribution in [0.3, 0.4) is 0 Å². The number of allylic oxidation sites excluding steroid dienone is 1. The predicted molar refractivity (Wildman–Crippen MR) is 52.5 cm³/mol. The van der Waals surface area contributed by atoms with Crippen LogP contribution in [0.5, 0.6) is 5.75 Å². The Kier molecular flexibility index (Phi) is 2.04. The van der Waals surface area contributed by atoms with E-state index < -0.39 is 17.7 Å². The van der Waals surface area contributed by atoms with Gasteiger partial charge in [-0.25, -0.2) is 0 Å². The van der Waals surface area contributed by atoms with Gasteiger partial charge in [0.1, 0.15) is 11.7 Å². The van der Waals surface area contributed by atoms with Gasteiger partial charge in [-0.15, -0.1) is 0 Å². The molecule has 76 valence electrons. The number of hydrogen-bond donors (Lipinski definition) is 2. The first-order valence-corrected chi connectivity index (χ1v) is 4.37. The van der Waals surface area contributed by atoms with Crippen LogP contribution in [-0.4, -0.2) is 22.0 Å². The van der Waals surface area contributed by atoms with Crippen LogP contribution in [-0.2, 0) is 9.59 Å². The highest BCUT2D eigenvalue weighted by Crippen LogP contribution is 2.30. The number of aromatic hydroxyl groups is 1. The van der Waals surface area contributed by atoms with E-state index in [4.69, 9.17) is 5.11 Å². The second-order valence-corrected chi connectivity index (χ2v) is 3.32. The average Bonchev–Trinajstić information content (AvgIpc) is 2.17. The first-order chi connectivity index (χ1) is 7.09. The Labute approximate surface area is 85.5 Å². The molecule has 4 nitrogen and oxygen atoms in total. The molecule has 15 heavy (non-hydrogen) atoms. The van der Waals surface area contributed by atoms with Crippen LogP contribution in [0.4, 0.5) is 0 Å². The van der Waals surface area contributed by atoms with Crippen molar-refractivity contribution < 1.29 is 19.8 Å². The smallest absolute Gasteiger partial charge is 0.318 e. The van der Waals surface area contributed by atoms with Crippen molar-refractivity contribution in [2.75, 3.05) is 0 Å². The normalized spacial score (nSPS) is 18.7. The van der Waals surface area contributed by atoms with Gasteiger partial charge in [0.05, 0.1) is 0 Å². The summed E-state index contributed by atoms with van der Waals surface area (Å²) in [5, 5.41) is 18.1. The molecule has 1 aliphatic carbocycles. The fourth-order valence-electron chi connectivity index (χ4n) is 1.65. The van der Waals surface area contributed by atoms with Gasteiger partial charge in [-0.05, 0) is 29.3 Å². The molecule has 0 aromatic heterocycles. The van der Waals surface area contributed by atoms with Crippen molar-refractivity contribution in [3.8, 4) is 5.75 Å². The summed E-state index contributed by atoms with van der Waals surface area (Å²) in [4.78, 5) is 22.2. The van der Waals surface area contributed by atoms with Crippen LogP contribution in [0, 0.1) is 0 Å². The van der Waals surface area contributed by atoms with Gasteiger partial charge < -0.3 is 10.2 Å². The van der Waals surface area contributed by atoms with E-state index in [0.29, 0.717) is 11.1 Å². The number of rotatable bonds is 1. The lowest BCUT2D eigenvalue weighted by molar-refractivity contribution is -0.141. The van der Waals surface area contributed by atoms with E-state index >= 15 is 0 Å². The quantitative estimate of drug-likeness (QED) is 0.673. The molecule has 1 unspecified atom stereocenters. The number of carboxylic acids is 1. The lowest BCUT2D eigenvalue weighted by Gasteiger charge is -2.16. The van der Waals surface area contributed by atoms with E-state index in [1.54, 1.807) is 0 Å². The molecule has 2 N–H and O–H groups in total. The Balaban J connectivity index is 2.60. The highest BCUT2D eigenvalue weighted by molar-refractivity contribution is 6.13. The molecular formula is C11H8O4. The van der Waals surface area contributed by atoms with E-state index in [-0.39, 0.29) is 5.75 Å². The van der Waals surface area contributed by atoms with Gasteiger partial charge in [-0.1, -0.05) is 12.1 Å². The van der Waals surface area contributed by atoms with Crippen LogP contribution >= 0.6 is 0 Å². The van der Waals surface area contributed by atoms with Crippen molar-refractivity contribution in [1.29, 1.82) is 0 Å². The van der Waals surface area contributed by atoms with E-state index in [0.717, 1.165) is 0 Å². The molecule has 0 fully saturated rings. The minimum Gasteiger partial charge on any atom is -0.508 e. The first-order valence-electron chi connectivity index (χ1n) is 4.37. The van der Waals surface area contributed by atoms with Crippen LogP contribution in [0.15, 0.2) is 24.3 Å². The van der Waals surface area contributed by atoms with E-state index in [1.807, 2.05) is 0 Å². The number of fused-ring (bicyclic) bond motifs is 1. The Morgan fingerprint density at radius 1 is 1.27 bits per heavy atom. The SMILES string of the molecule is O=C(O)C1C(=O)C=Cc2cc(O)ccc21. The number of hydrogen-bond acceptors (Lipinski definition) is 3. The molecule has 1 aliphatic rings. The minimum absolute atomic E-state index is 0.0527. The standard InChI is InChI=1S/C11H8O4/c12-7-2-3-8-6(5-7)1-4-9(13)10(8)11(14)15/h1-5,10,12H,(H,14,15). The molecule has 0 saturated heterocycles. The monoisotopic (exact) mass is 204 g/mol. The Morgan fingerprint density at radius 2 is 2.00 bits per heavy atom.